The number of carbonyl (C=O) groups excluding carboxylic acids is 4. The van der Waals surface area contributed by atoms with Crippen LogP contribution in [0, 0.1) is 23.7 Å². The fourth-order valence-corrected chi connectivity index (χ4v) is 11.7. The Morgan fingerprint density at radius 1 is 0.287 bits per heavy atom. The van der Waals surface area contributed by atoms with Crippen LogP contribution in [0.5, 0.6) is 0 Å². The highest BCUT2D eigenvalue weighted by atomic mass is 31.2. The smallest absolute Gasteiger partial charge is 0.462 e. The predicted octanol–water partition coefficient (Wildman–Crippen LogP) is 18.9. The van der Waals surface area contributed by atoms with Gasteiger partial charge < -0.3 is 33.8 Å². The van der Waals surface area contributed by atoms with Crippen molar-refractivity contribution >= 4 is 39.5 Å². The van der Waals surface area contributed by atoms with Gasteiger partial charge in [0.25, 0.3) is 0 Å². The third kappa shape index (κ3) is 62.6. The Labute approximate surface area is 530 Å². The number of aliphatic hydroxyl groups is 1. The van der Waals surface area contributed by atoms with E-state index >= 15 is 0 Å². The van der Waals surface area contributed by atoms with Crippen LogP contribution in [0.2, 0.25) is 0 Å². The van der Waals surface area contributed by atoms with Gasteiger partial charge in [-0.15, -0.1) is 0 Å². The molecule has 17 nitrogen and oxygen atoms in total. The standard InChI is InChI=1S/C68H132O17P2/c1-58(2)44-36-28-20-14-10-9-11-16-24-34-42-50-67(72)85-64(55-79-66(71)49-41-33-27-26-31-39-47-61(7)8)57-83-87(76,77)81-53-62(69)52-80-86(74,75)82-56-63(54-78-65(70)48-40-32-23-19-18-22-30-38-46-60(5)6)84-68(73)51-43-35-25-17-13-12-15-21-29-37-45-59(3)4/h58-64,69H,9-57H2,1-8H3,(H,74,75)(H,76,77)/t62?,63-,64-/m1/s1. The Balaban J connectivity index is 5.25. The van der Waals surface area contributed by atoms with Gasteiger partial charge in [0.1, 0.15) is 19.3 Å². The number of ether oxygens (including phenoxy) is 4. The summed E-state index contributed by atoms with van der Waals surface area (Å²) in [7, 11) is -9.90. The van der Waals surface area contributed by atoms with Gasteiger partial charge in [-0.05, 0) is 49.4 Å². The van der Waals surface area contributed by atoms with Crippen LogP contribution in [0.25, 0.3) is 0 Å². The van der Waals surface area contributed by atoms with Crippen molar-refractivity contribution in [2.75, 3.05) is 39.6 Å². The minimum absolute atomic E-state index is 0.105. The van der Waals surface area contributed by atoms with E-state index in [1.807, 2.05) is 0 Å². The Morgan fingerprint density at radius 3 is 0.713 bits per heavy atom. The molecule has 0 saturated heterocycles. The second kappa shape index (κ2) is 57.9. The molecule has 0 fully saturated rings. The fourth-order valence-electron chi connectivity index (χ4n) is 10.1. The molecule has 0 aromatic rings. The van der Waals surface area contributed by atoms with Gasteiger partial charge in [-0.2, -0.15) is 0 Å². The van der Waals surface area contributed by atoms with E-state index in [0.29, 0.717) is 31.6 Å². The second-order valence-electron chi connectivity index (χ2n) is 26.5. The van der Waals surface area contributed by atoms with Crippen molar-refractivity contribution in [3.05, 3.63) is 0 Å². The Kier molecular flexibility index (Phi) is 56.6. The lowest BCUT2D eigenvalue weighted by atomic mass is 10.0. The van der Waals surface area contributed by atoms with Gasteiger partial charge >= 0.3 is 39.5 Å². The molecule has 0 aromatic carbocycles. The first-order valence-corrected chi connectivity index (χ1v) is 38.2. The van der Waals surface area contributed by atoms with Crippen LogP contribution in [-0.2, 0) is 65.4 Å². The van der Waals surface area contributed by atoms with Crippen LogP contribution in [0.3, 0.4) is 0 Å². The zero-order valence-electron chi connectivity index (χ0n) is 56.6. The molecule has 3 N–H and O–H groups in total. The first-order chi connectivity index (χ1) is 41.6. The number of phosphoric ester groups is 2. The quantitative estimate of drug-likeness (QED) is 0.0222. The topological polar surface area (TPSA) is 237 Å². The van der Waals surface area contributed by atoms with Gasteiger partial charge in [-0.1, -0.05) is 280 Å². The average molecular weight is 1280 g/mol. The summed E-state index contributed by atoms with van der Waals surface area (Å²) in [4.78, 5) is 72.4. The van der Waals surface area contributed by atoms with Gasteiger partial charge in [0.15, 0.2) is 12.2 Å². The van der Waals surface area contributed by atoms with Crippen LogP contribution in [0.4, 0.5) is 0 Å². The number of hydrogen-bond donors (Lipinski definition) is 3. The zero-order chi connectivity index (χ0) is 64.7. The Bertz CT molecular complexity index is 1730. The van der Waals surface area contributed by atoms with E-state index in [-0.39, 0.29) is 25.7 Å². The summed E-state index contributed by atoms with van der Waals surface area (Å²) < 4.78 is 68.2. The number of phosphoric acid groups is 2. The predicted molar refractivity (Wildman–Crippen MR) is 349 cm³/mol. The zero-order valence-corrected chi connectivity index (χ0v) is 58.4. The summed E-state index contributed by atoms with van der Waals surface area (Å²) in [6, 6.07) is 0. The molecule has 0 heterocycles. The van der Waals surface area contributed by atoms with Crippen LogP contribution in [0.15, 0.2) is 0 Å². The lowest BCUT2D eigenvalue weighted by Gasteiger charge is -2.21. The van der Waals surface area contributed by atoms with Crippen molar-refractivity contribution in [3.8, 4) is 0 Å². The highest BCUT2D eigenvalue weighted by Crippen LogP contribution is 2.45. The number of hydrogen-bond acceptors (Lipinski definition) is 15. The van der Waals surface area contributed by atoms with Gasteiger partial charge in [0, 0.05) is 25.7 Å². The van der Waals surface area contributed by atoms with Crippen LogP contribution >= 0.6 is 15.6 Å². The van der Waals surface area contributed by atoms with E-state index in [1.165, 1.54) is 128 Å². The Morgan fingerprint density at radius 2 is 0.483 bits per heavy atom. The maximum atomic E-state index is 13.0. The van der Waals surface area contributed by atoms with Crippen LogP contribution in [0.1, 0.15) is 331 Å². The van der Waals surface area contributed by atoms with E-state index in [9.17, 15) is 43.2 Å². The first kappa shape index (κ1) is 85.1. The average Bonchev–Trinajstić information content (AvgIpc) is 3.66. The van der Waals surface area contributed by atoms with Gasteiger partial charge in [-0.3, -0.25) is 37.3 Å². The van der Waals surface area contributed by atoms with Gasteiger partial charge in [0.05, 0.1) is 26.4 Å². The molecule has 0 radical (unpaired) electrons. The van der Waals surface area contributed by atoms with Crippen molar-refractivity contribution in [2.24, 2.45) is 23.7 Å². The highest BCUT2D eigenvalue weighted by Gasteiger charge is 2.30. The molecular weight excluding hydrogens is 1150 g/mol. The maximum absolute atomic E-state index is 13.0. The molecular formula is C68H132O17P2. The molecule has 5 atom stereocenters. The molecule has 0 amide bonds. The van der Waals surface area contributed by atoms with Crippen molar-refractivity contribution in [1.82, 2.24) is 0 Å². The molecule has 0 aliphatic heterocycles. The van der Waals surface area contributed by atoms with Crippen molar-refractivity contribution < 1.29 is 80.2 Å². The van der Waals surface area contributed by atoms with Gasteiger partial charge in [-0.25, -0.2) is 9.13 Å². The van der Waals surface area contributed by atoms with Crippen LogP contribution in [-0.4, -0.2) is 96.7 Å². The van der Waals surface area contributed by atoms with E-state index < -0.39 is 97.5 Å². The molecule has 0 spiro atoms. The van der Waals surface area contributed by atoms with E-state index in [0.717, 1.165) is 114 Å². The summed E-state index contributed by atoms with van der Waals surface area (Å²) in [5.74, 6) is 0.789. The van der Waals surface area contributed by atoms with Crippen LogP contribution < -0.4 is 0 Å². The van der Waals surface area contributed by atoms with E-state index in [4.69, 9.17) is 37.0 Å². The number of aliphatic hydroxyl groups excluding tert-OH is 1. The molecule has 0 bridgehead atoms. The maximum Gasteiger partial charge on any atom is 0.472 e. The summed E-state index contributed by atoms with van der Waals surface area (Å²) in [6.45, 7) is 14.0. The molecule has 19 heteroatoms. The molecule has 87 heavy (non-hydrogen) atoms. The lowest BCUT2D eigenvalue weighted by molar-refractivity contribution is -0.161. The molecule has 0 aromatic heterocycles. The highest BCUT2D eigenvalue weighted by molar-refractivity contribution is 7.47. The van der Waals surface area contributed by atoms with Crippen molar-refractivity contribution in [1.29, 1.82) is 0 Å². The van der Waals surface area contributed by atoms with Gasteiger partial charge in [0.2, 0.25) is 0 Å². The molecule has 0 aliphatic carbocycles. The Hall–Kier alpha value is -1.94. The summed E-state index contributed by atoms with van der Waals surface area (Å²) in [5, 5.41) is 10.6. The SMILES string of the molecule is CC(C)CCCCCCCCCCCCCC(=O)O[C@H](COC(=O)CCCCCCCCC(C)C)COP(=O)(O)OCC(O)COP(=O)(O)OC[C@@H](COC(=O)CCCCCCCCCCC(C)C)OC(=O)CCCCCCCCCCCCC(C)C. The third-order valence-corrected chi connectivity index (χ3v) is 17.5. The number of carbonyl (C=O) groups is 4. The summed E-state index contributed by atoms with van der Waals surface area (Å²) in [5.41, 5.74) is 0. The second-order valence-corrected chi connectivity index (χ2v) is 29.4. The monoisotopic (exact) mass is 1280 g/mol. The van der Waals surface area contributed by atoms with E-state index in [1.54, 1.807) is 0 Å². The molecule has 3 unspecified atom stereocenters. The normalized spacial score (nSPS) is 14.3. The molecule has 0 rings (SSSR count). The minimum atomic E-state index is -4.95. The molecule has 0 saturated carbocycles. The largest absolute Gasteiger partial charge is 0.472 e. The van der Waals surface area contributed by atoms with Crippen molar-refractivity contribution in [3.63, 3.8) is 0 Å². The minimum Gasteiger partial charge on any atom is -0.462 e. The number of esters is 4. The fraction of sp³-hybridized carbons (Fsp3) is 0.941. The third-order valence-electron chi connectivity index (χ3n) is 15.6. The number of unbranched alkanes of at least 4 members (excludes halogenated alkanes) is 31. The summed E-state index contributed by atoms with van der Waals surface area (Å²) >= 11 is 0. The lowest BCUT2D eigenvalue weighted by Crippen LogP contribution is -2.30. The molecule has 516 valence electrons. The molecule has 0 aliphatic rings. The first-order valence-electron chi connectivity index (χ1n) is 35.2. The van der Waals surface area contributed by atoms with E-state index in [2.05, 4.69) is 55.4 Å². The van der Waals surface area contributed by atoms with Crippen molar-refractivity contribution in [2.45, 2.75) is 350 Å². The summed E-state index contributed by atoms with van der Waals surface area (Å²) in [6.07, 6.45) is 39.1. The number of rotatable bonds is 65.